The summed E-state index contributed by atoms with van der Waals surface area (Å²) in [5, 5.41) is 0. The summed E-state index contributed by atoms with van der Waals surface area (Å²) >= 11 is 0. The maximum atomic E-state index is 5.51. The second kappa shape index (κ2) is 8.89. The Labute approximate surface area is 153 Å². The van der Waals surface area contributed by atoms with E-state index in [1.54, 1.807) is 24.8 Å². The zero-order valence-electron chi connectivity index (χ0n) is 15.1. The van der Waals surface area contributed by atoms with Crippen LogP contribution < -0.4 is 9.47 Å². The summed E-state index contributed by atoms with van der Waals surface area (Å²) in [6.07, 6.45) is 8.70. The van der Waals surface area contributed by atoms with Gasteiger partial charge in [0.15, 0.2) is 23.1 Å². The van der Waals surface area contributed by atoms with Crippen LogP contribution >= 0.6 is 0 Å². The van der Waals surface area contributed by atoms with Crippen LogP contribution in [-0.4, -0.2) is 33.1 Å². The first-order valence-electron chi connectivity index (χ1n) is 8.80. The molecule has 0 saturated carbocycles. The minimum Gasteiger partial charge on any atom is -0.490 e. The Morgan fingerprint density at radius 1 is 0.615 bits per heavy atom. The first-order chi connectivity index (χ1) is 12.8. The summed E-state index contributed by atoms with van der Waals surface area (Å²) in [6.45, 7) is 5.46. The van der Waals surface area contributed by atoms with Gasteiger partial charge in [-0.25, -0.2) is 19.9 Å². The standard InChI is InChI=1S/C20H22N4O2/c1-3-9-25-17-11-21-19(22-12-17)15-5-7-16(8-6-15)20-23-13-18(14-24-20)26-10-4-2/h5-8,11-14H,3-4,9-10H2,1-2H3. The Kier molecular flexibility index (Phi) is 6.09. The van der Waals surface area contributed by atoms with Gasteiger partial charge in [0.1, 0.15) is 0 Å². The fourth-order valence-electron chi connectivity index (χ4n) is 2.29. The van der Waals surface area contributed by atoms with Gasteiger partial charge >= 0.3 is 0 Å². The second-order valence-electron chi connectivity index (χ2n) is 5.76. The van der Waals surface area contributed by atoms with Crippen LogP contribution in [0.4, 0.5) is 0 Å². The number of ether oxygens (including phenoxy) is 2. The number of hydrogen-bond acceptors (Lipinski definition) is 6. The minimum atomic E-state index is 0.657. The molecule has 0 fully saturated rings. The highest BCUT2D eigenvalue weighted by atomic mass is 16.5. The molecule has 3 aromatic rings. The second-order valence-corrected chi connectivity index (χ2v) is 5.76. The average Bonchev–Trinajstić information content (AvgIpc) is 2.72. The molecule has 0 atom stereocenters. The molecule has 0 aliphatic heterocycles. The normalized spacial score (nSPS) is 10.5. The molecule has 0 radical (unpaired) electrons. The summed E-state index contributed by atoms with van der Waals surface area (Å²) in [5.41, 5.74) is 1.86. The van der Waals surface area contributed by atoms with Crippen LogP contribution in [0.1, 0.15) is 26.7 Å². The largest absolute Gasteiger partial charge is 0.490 e. The summed E-state index contributed by atoms with van der Waals surface area (Å²) < 4.78 is 11.0. The van der Waals surface area contributed by atoms with Crippen LogP contribution in [-0.2, 0) is 0 Å². The van der Waals surface area contributed by atoms with E-state index in [0.717, 1.165) is 24.0 Å². The number of nitrogens with zero attached hydrogens (tertiary/aromatic N) is 4. The third-order valence-electron chi connectivity index (χ3n) is 3.60. The predicted octanol–water partition coefficient (Wildman–Crippen LogP) is 4.18. The van der Waals surface area contributed by atoms with Crippen molar-refractivity contribution in [3.05, 3.63) is 49.1 Å². The van der Waals surface area contributed by atoms with Crippen LogP contribution in [0.5, 0.6) is 11.5 Å². The van der Waals surface area contributed by atoms with Crippen molar-refractivity contribution in [3.63, 3.8) is 0 Å². The van der Waals surface area contributed by atoms with Crippen molar-refractivity contribution in [1.29, 1.82) is 0 Å². The van der Waals surface area contributed by atoms with Gasteiger partial charge in [-0.1, -0.05) is 38.1 Å². The fraction of sp³-hybridized carbons (Fsp3) is 0.300. The van der Waals surface area contributed by atoms with Crippen LogP contribution in [0, 0.1) is 0 Å². The van der Waals surface area contributed by atoms with Crippen LogP contribution in [0.15, 0.2) is 49.1 Å². The Balaban J connectivity index is 1.69. The summed E-state index contributed by atoms with van der Waals surface area (Å²) in [6, 6.07) is 7.84. The minimum absolute atomic E-state index is 0.657. The van der Waals surface area contributed by atoms with Crippen molar-refractivity contribution < 1.29 is 9.47 Å². The predicted molar refractivity (Wildman–Crippen MR) is 100 cm³/mol. The zero-order valence-corrected chi connectivity index (χ0v) is 15.1. The molecule has 0 aliphatic carbocycles. The fourth-order valence-corrected chi connectivity index (χ4v) is 2.29. The van der Waals surface area contributed by atoms with Crippen molar-refractivity contribution in [2.45, 2.75) is 26.7 Å². The summed E-state index contributed by atoms with van der Waals surface area (Å²) in [4.78, 5) is 17.4. The van der Waals surface area contributed by atoms with Gasteiger partial charge in [-0.15, -0.1) is 0 Å². The van der Waals surface area contributed by atoms with Crippen molar-refractivity contribution in [2.75, 3.05) is 13.2 Å². The van der Waals surface area contributed by atoms with E-state index in [1.807, 2.05) is 24.3 Å². The van der Waals surface area contributed by atoms with Crippen molar-refractivity contribution in [2.24, 2.45) is 0 Å². The molecule has 0 spiro atoms. The summed E-state index contributed by atoms with van der Waals surface area (Å²) in [7, 11) is 0. The molecule has 1 aromatic carbocycles. The van der Waals surface area contributed by atoms with Crippen LogP contribution in [0.2, 0.25) is 0 Å². The van der Waals surface area contributed by atoms with Gasteiger partial charge in [-0.3, -0.25) is 0 Å². The first kappa shape index (κ1) is 17.8. The lowest BCUT2D eigenvalue weighted by molar-refractivity contribution is 0.315. The topological polar surface area (TPSA) is 70.0 Å². The molecule has 2 heterocycles. The molecule has 0 amide bonds. The Morgan fingerprint density at radius 3 is 1.27 bits per heavy atom. The SMILES string of the molecule is CCCOc1cnc(-c2ccc(-c3ncc(OCCC)cn3)cc2)nc1. The van der Waals surface area contributed by atoms with E-state index in [2.05, 4.69) is 33.8 Å². The number of rotatable bonds is 8. The van der Waals surface area contributed by atoms with E-state index in [1.165, 1.54) is 0 Å². The third-order valence-corrected chi connectivity index (χ3v) is 3.60. The molecule has 0 bridgehead atoms. The molecule has 6 heteroatoms. The highest BCUT2D eigenvalue weighted by Gasteiger charge is 2.05. The lowest BCUT2D eigenvalue weighted by Crippen LogP contribution is -1.98. The highest BCUT2D eigenvalue weighted by molar-refractivity contribution is 5.63. The molecule has 3 rings (SSSR count). The maximum absolute atomic E-state index is 5.51. The van der Waals surface area contributed by atoms with Gasteiger partial charge in [-0.05, 0) is 12.8 Å². The molecule has 26 heavy (non-hydrogen) atoms. The van der Waals surface area contributed by atoms with E-state index >= 15 is 0 Å². The van der Waals surface area contributed by atoms with E-state index in [0.29, 0.717) is 36.4 Å². The number of hydrogen-bond donors (Lipinski definition) is 0. The Morgan fingerprint density at radius 2 is 0.962 bits per heavy atom. The lowest BCUT2D eigenvalue weighted by Gasteiger charge is -2.06. The monoisotopic (exact) mass is 350 g/mol. The van der Waals surface area contributed by atoms with Crippen molar-refractivity contribution in [3.8, 4) is 34.3 Å². The van der Waals surface area contributed by atoms with Gasteiger partial charge in [0.25, 0.3) is 0 Å². The van der Waals surface area contributed by atoms with Crippen molar-refractivity contribution >= 4 is 0 Å². The average molecular weight is 350 g/mol. The van der Waals surface area contributed by atoms with Gasteiger partial charge in [0, 0.05) is 11.1 Å². The van der Waals surface area contributed by atoms with Crippen molar-refractivity contribution in [1.82, 2.24) is 19.9 Å². The molecule has 134 valence electrons. The zero-order chi connectivity index (χ0) is 18.2. The van der Waals surface area contributed by atoms with Crippen LogP contribution in [0.3, 0.4) is 0 Å². The molecule has 6 nitrogen and oxygen atoms in total. The van der Waals surface area contributed by atoms with Gasteiger partial charge < -0.3 is 9.47 Å². The molecule has 0 unspecified atom stereocenters. The highest BCUT2D eigenvalue weighted by Crippen LogP contribution is 2.22. The van der Waals surface area contributed by atoms with E-state index in [9.17, 15) is 0 Å². The van der Waals surface area contributed by atoms with E-state index in [4.69, 9.17) is 9.47 Å². The van der Waals surface area contributed by atoms with Gasteiger partial charge in [-0.2, -0.15) is 0 Å². The maximum Gasteiger partial charge on any atom is 0.159 e. The third kappa shape index (κ3) is 4.53. The number of benzene rings is 1. The molecule has 2 aromatic heterocycles. The molecular weight excluding hydrogens is 328 g/mol. The van der Waals surface area contributed by atoms with Gasteiger partial charge in [0.2, 0.25) is 0 Å². The van der Waals surface area contributed by atoms with Gasteiger partial charge in [0.05, 0.1) is 38.0 Å². The van der Waals surface area contributed by atoms with Crippen LogP contribution in [0.25, 0.3) is 22.8 Å². The molecule has 0 N–H and O–H groups in total. The molecular formula is C20H22N4O2. The number of aromatic nitrogens is 4. The molecule has 0 saturated heterocycles. The van der Waals surface area contributed by atoms with E-state index in [-0.39, 0.29) is 0 Å². The first-order valence-corrected chi connectivity index (χ1v) is 8.80. The van der Waals surface area contributed by atoms with E-state index < -0.39 is 0 Å². The Hall–Kier alpha value is -3.02. The lowest BCUT2D eigenvalue weighted by atomic mass is 10.1. The smallest absolute Gasteiger partial charge is 0.159 e. The molecule has 0 aliphatic rings. The summed E-state index contributed by atoms with van der Waals surface area (Å²) in [5.74, 6) is 2.69. The Bertz CT molecular complexity index is 732. The quantitative estimate of drug-likeness (QED) is 0.607.